The number of hydrogen-bond donors (Lipinski definition) is 0. The molecule has 0 aromatic carbocycles. The zero-order valence-corrected chi connectivity index (χ0v) is 11.3. The minimum Gasteiger partial charge on any atom is -0.146 e. The zero-order valence-electron chi connectivity index (χ0n) is 8.88. The molecule has 0 saturated carbocycles. The average molecular weight is 241 g/mol. The second-order valence-corrected chi connectivity index (χ2v) is 6.63. The quantitative estimate of drug-likeness (QED) is 0.449. The fourth-order valence-corrected chi connectivity index (χ4v) is 4.26. The molecule has 80 valence electrons. The van der Waals surface area contributed by atoms with E-state index in [1.165, 1.54) is 30.8 Å². The molecule has 0 heterocycles. The third-order valence-electron chi connectivity index (χ3n) is 1.79. The topological polar surface area (TPSA) is 0 Å². The van der Waals surface area contributed by atoms with Gasteiger partial charge in [0.25, 0.3) is 0 Å². The maximum absolute atomic E-state index is 6.34. The molecule has 0 aliphatic carbocycles. The average Bonchev–Trinajstić information content (AvgIpc) is 2.14. The van der Waals surface area contributed by atoms with E-state index >= 15 is 0 Å². The third kappa shape index (κ3) is 6.98. The normalized spacial score (nSPS) is 13.6. The van der Waals surface area contributed by atoms with Crippen LogP contribution >= 0.6 is 35.1 Å². The summed E-state index contributed by atoms with van der Waals surface area (Å²) in [7, 11) is 0. The summed E-state index contributed by atoms with van der Waals surface area (Å²) in [5, 5.41) is 0.356. The highest BCUT2D eigenvalue weighted by Crippen LogP contribution is 2.31. The van der Waals surface area contributed by atoms with Crippen molar-refractivity contribution < 1.29 is 0 Å². The molecular weight excluding hydrogens is 220 g/mol. The van der Waals surface area contributed by atoms with E-state index in [2.05, 4.69) is 20.8 Å². The van der Waals surface area contributed by atoms with E-state index in [-0.39, 0.29) is 0 Å². The summed E-state index contributed by atoms with van der Waals surface area (Å²) in [6.07, 6.45) is 3.69. The van der Waals surface area contributed by atoms with Crippen molar-refractivity contribution in [2.24, 2.45) is 0 Å². The van der Waals surface area contributed by atoms with Gasteiger partial charge in [0.15, 0.2) is 0 Å². The maximum Gasteiger partial charge on any atom is 0.0665 e. The van der Waals surface area contributed by atoms with Gasteiger partial charge in [-0.1, -0.05) is 33.6 Å². The SMILES string of the molecule is CCCCC(Cl)C(SCC)SCC. The maximum atomic E-state index is 6.34. The lowest BCUT2D eigenvalue weighted by Gasteiger charge is -2.20. The summed E-state index contributed by atoms with van der Waals surface area (Å²) in [6.45, 7) is 6.63. The van der Waals surface area contributed by atoms with Crippen molar-refractivity contribution >= 4 is 35.1 Å². The van der Waals surface area contributed by atoms with Gasteiger partial charge < -0.3 is 0 Å². The van der Waals surface area contributed by atoms with Gasteiger partial charge in [0.2, 0.25) is 0 Å². The Morgan fingerprint density at radius 1 is 1.08 bits per heavy atom. The van der Waals surface area contributed by atoms with Crippen LogP contribution in [0.25, 0.3) is 0 Å². The summed E-state index contributed by atoms with van der Waals surface area (Å²) in [5.74, 6) is 2.35. The van der Waals surface area contributed by atoms with E-state index in [9.17, 15) is 0 Å². The van der Waals surface area contributed by atoms with Crippen LogP contribution in [0.1, 0.15) is 40.0 Å². The Hall–Kier alpha value is 0.990. The number of halogens is 1. The van der Waals surface area contributed by atoms with Crippen molar-refractivity contribution in [3.05, 3.63) is 0 Å². The van der Waals surface area contributed by atoms with Crippen molar-refractivity contribution in [1.82, 2.24) is 0 Å². The van der Waals surface area contributed by atoms with Crippen molar-refractivity contribution in [3.8, 4) is 0 Å². The Morgan fingerprint density at radius 2 is 1.62 bits per heavy atom. The Balaban J connectivity index is 3.72. The van der Waals surface area contributed by atoms with Gasteiger partial charge in [0, 0.05) is 0 Å². The van der Waals surface area contributed by atoms with Crippen LogP contribution in [0.5, 0.6) is 0 Å². The van der Waals surface area contributed by atoms with Crippen LogP contribution in [0, 0.1) is 0 Å². The van der Waals surface area contributed by atoms with Crippen molar-refractivity contribution in [1.29, 1.82) is 0 Å². The first-order chi connectivity index (χ1) is 6.26. The van der Waals surface area contributed by atoms with E-state index in [1.807, 2.05) is 23.5 Å². The smallest absolute Gasteiger partial charge is 0.0665 e. The predicted molar refractivity (Wildman–Crippen MR) is 69.2 cm³/mol. The lowest BCUT2D eigenvalue weighted by Crippen LogP contribution is -2.14. The molecule has 0 amide bonds. The highest BCUT2D eigenvalue weighted by atomic mass is 35.5. The van der Waals surface area contributed by atoms with Crippen LogP contribution in [0.2, 0.25) is 0 Å². The molecule has 3 heteroatoms. The number of rotatable bonds is 8. The minimum atomic E-state index is 0.356. The Kier molecular flexibility index (Phi) is 10.3. The lowest BCUT2D eigenvalue weighted by atomic mass is 10.2. The molecule has 1 atom stereocenters. The second-order valence-electron chi connectivity index (χ2n) is 2.94. The summed E-state index contributed by atoms with van der Waals surface area (Å²) in [4.78, 5) is 0. The van der Waals surface area contributed by atoms with Gasteiger partial charge in [0.05, 0.1) is 9.96 Å². The largest absolute Gasteiger partial charge is 0.146 e. The van der Waals surface area contributed by atoms with Crippen molar-refractivity contribution in [3.63, 3.8) is 0 Å². The number of hydrogen-bond acceptors (Lipinski definition) is 2. The van der Waals surface area contributed by atoms with E-state index in [0.29, 0.717) is 9.96 Å². The molecule has 0 aromatic rings. The highest BCUT2D eigenvalue weighted by molar-refractivity contribution is 8.17. The van der Waals surface area contributed by atoms with Gasteiger partial charge >= 0.3 is 0 Å². The highest BCUT2D eigenvalue weighted by Gasteiger charge is 2.17. The van der Waals surface area contributed by atoms with Crippen LogP contribution < -0.4 is 0 Å². The lowest BCUT2D eigenvalue weighted by molar-refractivity contribution is 0.703. The molecule has 0 rings (SSSR count). The molecule has 0 fully saturated rings. The summed E-state index contributed by atoms with van der Waals surface area (Å²) in [6, 6.07) is 0. The van der Waals surface area contributed by atoms with Gasteiger partial charge in [-0.3, -0.25) is 0 Å². The zero-order chi connectivity index (χ0) is 10.1. The molecule has 0 aliphatic heterocycles. The molecule has 0 N–H and O–H groups in total. The van der Waals surface area contributed by atoms with Gasteiger partial charge in [-0.05, 0) is 17.9 Å². The standard InChI is InChI=1S/C10H21ClS2/c1-4-7-8-9(11)10(12-5-2)13-6-3/h9-10H,4-8H2,1-3H3. The first-order valence-electron chi connectivity index (χ1n) is 5.13. The van der Waals surface area contributed by atoms with Crippen LogP contribution in [0.15, 0.2) is 0 Å². The van der Waals surface area contributed by atoms with E-state index < -0.39 is 0 Å². The predicted octanol–water partition coefficient (Wildman–Crippen LogP) is 4.62. The van der Waals surface area contributed by atoms with Crippen LogP contribution in [-0.2, 0) is 0 Å². The van der Waals surface area contributed by atoms with Crippen LogP contribution in [0.4, 0.5) is 0 Å². The van der Waals surface area contributed by atoms with Gasteiger partial charge in [-0.2, -0.15) is 0 Å². The van der Waals surface area contributed by atoms with Crippen LogP contribution in [0.3, 0.4) is 0 Å². The van der Waals surface area contributed by atoms with Gasteiger partial charge in [0.1, 0.15) is 0 Å². The Morgan fingerprint density at radius 3 is 2.00 bits per heavy atom. The molecule has 0 bridgehead atoms. The molecule has 0 aliphatic rings. The number of thioether (sulfide) groups is 2. The fraction of sp³-hybridized carbons (Fsp3) is 1.00. The van der Waals surface area contributed by atoms with E-state index in [4.69, 9.17) is 11.6 Å². The summed E-state index contributed by atoms with van der Waals surface area (Å²) in [5.41, 5.74) is 0. The molecule has 0 spiro atoms. The molecule has 0 aromatic heterocycles. The molecule has 0 nitrogen and oxygen atoms in total. The third-order valence-corrected chi connectivity index (χ3v) is 5.36. The van der Waals surface area contributed by atoms with E-state index in [1.54, 1.807) is 0 Å². The number of alkyl halides is 1. The van der Waals surface area contributed by atoms with Gasteiger partial charge in [-0.25, -0.2) is 0 Å². The minimum absolute atomic E-state index is 0.356. The second kappa shape index (κ2) is 9.54. The molecule has 0 radical (unpaired) electrons. The molecule has 13 heavy (non-hydrogen) atoms. The van der Waals surface area contributed by atoms with Crippen LogP contribution in [-0.4, -0.2) is 21.5 Å². The first kappa shape index (κ1) is 14.0. The van der Waals surface area contributed by atoms with Gasteiger partial charge in [-0.15, -0.1) is 35.1 Å². The molecular formula is C10H21ClS2. The van der Waals surface area contributed by atoms with Crippen molar-refractivity contribution in [2.45, 2.75) is 50.0 Å². The summed E-state index contributed by atoms with van der Waals surface area (Å²) >= 11 is 10.3. The van der Waals surface area contributed by atoms with Crippen molar-refractivity contribution in [2.75, 3.05) is 11.5 Å². The molecule has 1 unspecified atom stereocenters. The monoisotopic (exact) mass is 240 g/mol. The first-order valence-corrected chi connectivity index (χ1v) is 7.66. The fourth-order valence-electron chi connectivity index (χ4n) is 1.12. The summed E-state index contributed by atoms with van der Waals surface area (Å²) < 4.78 is 0.600. The number of unbranched alkanes of at least 4 members (excludes halogenated alkanes) is 1. The Labute approximate surface area is 96.6 Å². The Bertz CT molecular complexity index is 103. The van der Waals surface area contributed by atoms with E-state index in [0.717, 1.165) is 0 Å². The molecule has 0 saturated heterocycles.